The summed E-state index contributed by atoms with van der Waals surface area (Å²) in [5, 5.41) is 14.3. The molecule has 0 spiro atoms. The highest BCUT2D eigenvalue weighted by molar-refractivity contribution is 7.09. The van der Waals surface area contributed by atoms with Crippen molar-refractivity contribution in [2.45, 2.75) is 25.9 Å². The molecule has 1 aliphatic heterocycles. The standard InChI is InChI=1S/C16H16N2O4S/c1-9-7-10(4-5-11(9)16(20)21)17-14(19)12-8-23-15(18-12)13-3-2-6-22-13/h4-5,7-8,13H,2-3,6H2,1H3,(H,17,19)(H,20,21). The Kier molecular flexibility index (Phi) is 4.40. The Bertz CT molecular complexity index is 750. The van der Waals surface area contributed by atoms with Crippen molar-refractivity contribution in [1.82, 2.24) is 4.98 Å². The summed E-state index contributed by atoms with van der Waals surface area (Å²) in [4.78, 5) is 27.6. The van der Waals surface area contributed by atoms with Crippen molar-refractivity contribution in [1.29, 1.82) is 0 Å². The van der Waals surface area contributed by atoms with E-state index < -0.39 is 5.97 Å². The number of carboxylic acids is 1. The van der Waals surface area contributed by atoms with E-state index in [0.29, 0.717) is 16.9 Å². The Morgan fingerprint density at radius 2 is 2.26 bits per heavy atom. The number of amides is 1. The van der Waals surface area contributed by atoms with Crippen LogP contribution in [-0.4, -0.2) is 28.6 Å². The second-order valence-electron chi connectivity index (χ2n) is 5.36. The molecule has 23 heavy (non-hydrogen) atoms. The SMILES string of the molecule is Cc1cc(NC(=O)c2csc(C3CCCO3)n2)ccc1C(=O)O. The van der Waals surface area contributed by atoms with Gasteiger partial charge in [0.05, 0.1) is 5.56 Å². The number of benzene rings is 1. The number of nitrogens with one attached hydrogen (secondary N) is 1. The van der Waals surface area contributed by atoms with E-state index >= 15 is 0 Å². The minimum absolute atomic E-state index is 0.00126. The van der Waals surface area contributed by atoms with Gasteiger partial charge in [-0.25, -0.2) is 9.78 Å². The highest BCUT2D eigenvalue weighted by Crippen LogP contribution is 2.30. The summed E-state index contributed by atoms with van der Waals surface area (Å²) in [7, 11) is 0. The Morgan fingerprint density at radius 1 is 1.43 bits per heavy atom. The number of thiazole rings is 1. The van der Waals surface area contributed by atoms with Crippen LogP contribution in [0.3, 0.4) is 0 Å². The zero-order chi connectivity index (χ0) is 16.4. The van der Waals surface area contributed by atoms with E-state index in [9.17, 15) is 9.59 Å². The van der Waals surface area contributed by atoms with E-state index in [0.717, 1.165) is 24.5 Å². The van der Waals surface area contributed by atoms with Gasteiger partial charge in [0.15, 0.2) is 0 Å². The molecule has 6 nitrogen and oxygen atoms in total. The lowest BCUT2D eigenvalue weighted by Crippen LogP contribution is -2.13. The summed E-state index contributed by atoms with van der Waals surface area (Å²) in [5.74, 6) is -1.30. The van der Waals surface area contributed by atoms with Gasteiger partial charge in [-0.2, -0.15) is 0 Å². The smallest absolute Gasteiger partial charge is 0.335 e. The molecule has 1 fully saturated rings. The molecule has 0 radical (unpaired) electrons. The first-order valence-corrected chi connectivity index (χ1v) is 8.15. The molecule has 0 bridgehead atoms. The van der Waals surface area contributed by atoms with E-state index in [1.54, 1.807) is 24.4 Å². The third-order valence-electron chi connectivity index (χ3n) is 3.67. The van der Waals surface area contributed by atoms with Crippen LogP contribution in [-0.2, 0) is 4.74 Å². The Balaban J connectivity index is 1.71. The number of carboxylic acid groups (broad SMARTS) is 1. The zero-order valence-electron chi connectivity index (χ0n) is 12.5. The van der Waals surface area contributed by atoms with E-state index in [2.05, 4.69) is 10.3 Å². The summed E-state index contributed by atoms with van der Waals surface area (Å²) in [6.07, 6.45) is 1.95. The lowest BCUT2D eigenvalue weighted by atomic mass is 10.1. The summed E-state index contributed by atoms with van der Waals surface area (Å²) < 4.78 is 5.56. The van der Waals surface area contributed by atoms with Gasteiger partial charge in [-0.05, 0) is 43.5 Å². The summed E-state index contributed by atoms with van der Waals surface area (Å²) in [6, 6.07) is 4.68. The average Bonchev–Trinajstić information content (AvgIpc) is 3.18. The number of aromatic nitrogens is 1. The van der Waals surface area contributed by atoms with Gasteiger partial charge in [0, 0.05) is 17.7 Å². The van der Waals surface area contributed by atoms with E-state index in [1.807, 2.05) is 0 Å². The van der Waals surface area contributed by atoms with Gasteiger partial charge in [0.1, 0.15) is 16.8 Å². The molecule has 2 aromatic rings. The largest absolute Gasteiger partial charge is 0.478 e. The number of carbonyl (C=O) groups is 2. The topological polar surface area (TPSA) is 88.5 Å². The molecule has 2 heterocycles. The number of carbonyl (C=O) groups excluding carboxylic acids is 1. The van der Waals surface area contributed by atoms with Crippen LogP contribution in [0.5, 0.6) is 0 Å². The molecule has 1 amide bonds. The van der Waals surface area contributed by atoms with Crippen LogP contribution in [0.25, 0.3) is 0 Å². The van der Waals surface area contributed by atoms with Gasteiger partial charge >= 0.3 is 5.97 Å². The minimum atomic E-state index is -0.985. The van der Waals surface area contributed by atoms with Gasteiger partial charge in [0.2, 0.25) is 0 Å². The summed E-state index contributed by atoms with van der Waals surface area (Å²) in [6.45, 7) is 2.43. The van der Waals surface area contributed by atoms with E-state index in [4.69, 9.17) is 9.84 Å². The molecule has 1 aliphatic rings. The van der Waals surface area contributed by atoms with Gasteiger partial charge in [-0.15, -0.1) is 11.3 Å². The first kappa shape index (κ1) is 15.6. The van der Waals surface area contributed by atoms with Crippen molar-refractivity contribution in [3.63, 3.8) is 0 Å². The maximum absolute atomic E-state index is 12.2. The average molecular weight is 332 g/mol. The molecule has 1 atom stereocenters. The molecule has 0 aliphatic carbocycles. The highest BCUT2D eigenvalue weighted by Gasteiger charge is 2.22. The fourth-order valence-electron chi connectivity index (χ4n) is 2.49. The van der Waals surface area contributed by atoms with Crippen molar-refractivity contribution >= 4 is 28.9 Å². The highest BCUT2D eigenvalue weighted by atomic mass is 32.1. The monoisotopic (exact) mass is 332 g/mol. The van der Waals surface area contributed by atoms with Crippen molar-refractivity contribution in [3.8, 4) is 0 Å². The quantitative estimate of drug-likeness (QED) is 0.897. The maximum atomic E-state index is 12.2. The van der Waals surface area contributed by atoms with E-state index in [-0.39, 0.29) is 17.6 Å². The summed E-state index contributed by atoms with van der Waals surface area (Å²) in [5.41, 5.74) is 1.70. The molecule has 0 saturated carbocycles. The molecule has 1 saturated heterocycles. The number of hydrogen-bond acceptors (Lipinski definition) is 5. The van der Waals surface area contributed by atoms with Crippen molar-refractivity contribution in [2.75, 3.05) is 11.9 Å². The predicted octanol–water partition coefficient (Wildman–Crippen LogP) is 3.25. The van der Waals surface area contributed by atoms with Crippen LogP contribution in [0.1, 0.15) is 50.4 Å². The van der Waals surface area contributed by atoms with Crippen molar-refractivity contribution in [3.05, 3.63) is 45.4 Å². The number of nitrogens with zero attached hydrogens (tertiary/aromatic N) is 1. The maximum Gasteiger partial charge on any atom is 0.335 e. The van der Waals surface area contributed by atoms with Crippen LogP contribution in [0, 0.1) is 6.92 Å². The van der Waals surface area contributed by atoms with Crippen LogP contribution in [0.15, 0.2) is 23.6 Å². The Morgan fingerprint density at radius 3 is 2.91 bits per heavy atom. The Labute approximate surface area is 137 Å². The van der Waals surface area contributed by atoms with Gasteiger partial charge in [-0.1, -0.05) is 0 Å². The third kappa shape index (κ3) is 3.40. The second kappa shape index (κ2) is 6.47. The molecule has 1 aromatic heterocycles. The lowest BCUT2D eigenvalue weighted by molar-refractivity contribution is 0.0696. The number of aromatic carboxylic acids is 1. The summed E-state index contributed by atoms with van der Waals surface area (Å²) >= 11 is 1.42. The Hall–Kier alpha value is -2.25. The molecule has 120 valence electrons. The van der Waals surface area contributed by atoms with Crippen LogP contribution < -0.4 is 5.32 Å². The second-order valence-corrected chi connectivity index (χ2v) is 6.25. The number of rotatable bonds is 4. The van der Waals surface area contributed by atoms with Crippen molar-refractivity contribution < 1.29 is 19.4 Å². The zero-order valence-corrected chi connectivity index (χ0v) is 13.4. The first-order chi connectivity index (χ1) is 11.0. The van der Waals surface area contributed by atoms with Crippen LogP contribution in [0.4, 0.5) is 5.69 Å². The number of aryl methyl sites for hydroxylation is 1. The molecule has 1 unspecified atom stereocenters. The van der Waals surface area contributed by atoms with Gasteiger partial charge < -0.3 is 15.2 Å². The predicted molar refractivity (Wildman–Crippen MR) is 86.1 cm³/mol. The number of hydrogen-bond donors (Lipinski definition) is 2. The minimum Gasteiger partial charge on any atom is -0.478 e. The normalized spacial score (nSPS) is 17.2. The van der Waals surface area contributed by atoms with E-state index in [1.165, 1.54) is 17.4 Å². The molecular formula is C16H16N2O4S. The number of ether oxygens (including phenoxy) is 1. The molecule has 2 N–H and O–H groups in total. The fourth-order valence-corrected chi connectivity index (χ4v) is 3.37. The molecule has 1 aromatic carbocycles. The molecule has 3 rings (SSSR count). The van der Waals surface area contributed by atoms with Gasteiger partial charge in [-0.3, -0.25) is 4.79 Å². The third-order valence-corrected chi connectivity index (χ3v) is 4.61. The van der Waals surface area contributed by atoms with Gasteiger partial charge in [0.25, 0.3) is 5.91 Å². The fraction of sp³-hybridized carbons (Fsp3) is 0.312. The van der Waals surface area contributed by atoms with Crippen LogP contribution in [0.2, 0.25) is 0 Å². The lowest BCUT2D eigenvalue weighted by Gasteiger charge is -2.07. The number of anilines is 1. The molecular weight excluding hydrogens is 316 g/mol. The van der Waals surface area contributed by atoms with Crippen molar-refractivity contribution in [2.24, 2.45) is 0 Å². The first-order valence-electron chi connectivity index (χ1n) is 7.27. The van der Waals surface area contributed by atoms with Crippen LogP contribution >= 0.6 is 11.3 Å². The molecule has 7 heteroatoms.